The second-order valence-corrected chi connectivity index (χ2v) is 8.09. The summed E-state index contributed by atoms with van der Waals surface area (Å²) in [6.07, 6.45) is 2.57. The van der Waals surface area contributed by atoms with Crippen molar-refractivity contribution in [3.8, 4) is 0 Å². The van der Waals surface area contributed by atoms with Gasteiger partial charge < -0.3 is 15.3 Å². The van der Waals surface area contributed by atoms with E-state index in [1.54, 1.807) is 6.07 Å². The van der Waals surface area contributed by atoms with Crippen molar-refractivity contribution in [2.45, 2.75) is 33.1 Å². The molecule has 1 atom stereocenters. The van der Waals surface area contributed by atoms with Crippen LogP contribution in [0.25, 0.3) is 0 Å². The molecule has 2 aromatic rings. The van der Waals surface area contributed by atoms with E-state index in [-0.39, 0.29) is 18.1 Å². The molecule has 2 N–H and O–H groups in total. The van der Waals surface area contributed by atoms with Gasteiger partial charge in [-0.05, 0) is 61.9 Å². The van der Waals surface area contributed by atoms with Crippen molar-refractivity contribution in [3.05, 3.63) is 64.2 Å². The van der Waals surface area contributed by atoms with Crippen LogP contribution in [0.4, 0.5) is 10.5 Å². The number of rotatable bonds is 4. The van der Waals surface area contributed by atoms with Gasteiger partial charge in [-0.25, -0.2) is 4.79 Å². The Balaban J connectivity index is 1.72. The van der Waals surface area contributed by atoms with E-state index in [9.17, 15) is 9.90 Å². The maximum absolute atomic E-state index is 12.8. The highest BCUT2D eigenvalue weighted by atomic mass is 35.5. The van der Waals surface area contributed by atoms with Gasteiger partial charge in [0.1, 0.15) is 0 Å². The van der Waals surface area contributed by atoms with E-state index in [2.05, 4.69) is 24.4 Å². The Morgan fingerprint density at radius 2 is 2.00 bits per heavy atom. The fourth-order valence-corrected chi connectivity index (χ4v) is 3.98. The number of aryl methyl sites for hydroxylation is 2. The molecule has 0 aromatic heterocycles. The van der Waals surface area contributed by atoms with Crippen molar-refractivity contribution in [3.63, 3.8) is 0 Å². The number of likely N-dealkylation sites (tertiary alicyclic amines) is 1. The summed E-state index contributed by atoms with van der Waals surface area (Å²) in [5.41, 5.74) is 3.83. The highest BCUT2D eigenvalue weighted by molar-refractivity contribution is 6.31. The van der Waals surface area contributed by atoms with E-state index in [4.69, 9.17) is 11.6 Å². The molecule has 1 aliphatic heterocycles. The molecule has 2 amide bonds. The standard InChI is InChI=1S/C22H27ClN2O2/c1-16-6-3-4-7-18(16)13-22(15-26)10-5-11-25(14-22)21(27)24-19-9-8-17(2)20(23)12-19/h3-4,6-9,12,26H,5,10-11,13-15H2,1-2H3,(H,24,27)/t22-/m1/s1. The first-order chi connectivity index (χ1) is 12.9. The highest BCUT2D eigenvalue weighted by Gasteiger charge is 2.37. The van der Waals surface area contributed by atoms with Crippen LogP contribution in [0.5, 0.6) is 0 Å². The lowest BCUT2D eigenvalue weighted by Crippen LogP contribution is -2.50. The molecule has 1 heterocycles. The van der Waals surface area contributed by atoms with Crippen LogP contribution in [0.15, 0.2) is 42.5 Å². The summed E-state index contributed by atoms with van der Waals surface area (Å²) in [6, 6.07) is 13.6. The van der Waals surface area contributed by atoms with E-state index >= 15 is 0 Å². The molecule has 5 heteroatoms. The predicted molar refractivity (Wildman–Crippen MR) is 110 cm³/mol. The number of benzene rings is 2. The van der Waals surface area contributed by atoms with Crippen molar-refractivity contribution >= 4 is 23.3 Å². The average Bonchev–Trinajstić information content (AvgIpc) is 2.67. The minimum atomic E-state index is -0.299. The number of urea groups is 1. The fraction of sp³-hybridized carbons (Fsp3) is 0.409. The molecule has 0 aliphatic carbocycles. The zero-order valence-electron chi connectivity index (χ0n) is 16.0. The van der Waals surface area contributed by atoms with E-state index in [0.717, 1.165) is 24.8 Å². The van der Waals surface area contributed by atoms with Gasteiger partial charge in [0, 0.05) is 29.2 Å². The molecule has 144 valence electrons. The molecule has 3 rings (SSSR count). The molecular formula is C22H27ClN2O2. The first-order valence-corrected chi connectivity index (χ1v) is 9.78. The molecule has 27 heavy (non-hydrogen) atoms. The summed E-state index contributed by atoms with van der Waals surface area (Å²) in [7, 11) is 0. The molecule has 0 radical (unpaired) electrons. The molecule has 1 aliphatic rings. The Morgan fingerprint density at radius 3 is 2.70 bits per heavy atom. The van der Waals surface area contributed by atoms with Gasteiger partial charge in [-0.3, -0.25) is 0 Å². The Labute approximate surface area is 166 Å². The molecule has 0 spiro atoms. The molecule has 1 fully saturated rings. The van der Waals surface area contributed by atoms with Gasteiger partial charge in [0.25, 0.3) is 0 Å². The van der Waals surface area contributed by atoms with Crippen molar-refractivity contribution in [2.75, 3.05) is 25.0 Å². The first-order valence-electron chi connectivity index (χ1n) is 9.40. The lowest BCUT2D eigenvalue weighted by Gasteiger charge is -2.42. The molecule has 4 nitrogen and oxygen atoms in total. The number of aliphatic hydroxyl groups is 1. The maximum Gasteiger partial charge on any atom is 0.321 e. The topological polar surface area (TPSA) is 52.6 Å². The number of nitrogens with zero attached hydrogens (tertiary/aromatic N) is 1. The van der Waals surface area contributed by atoms with E-state index < -0.39 is 0 Å². The number of halogens is 1. The third-order valence-electron chi connectivity index (χ3n) is 5.53. The van der Waals surface area contributed by atoms with Crippen molar-refractivity contribution < 1.29 is 9.90 Å². The first kappa shape index (κ1) is 19.7. The summed E-state index contributed by atoms with van der Waals surface area (Å²) >= 11 is 6.16. The van der Waals surface area contributed by atoms with Gasteiger partial charge >= 0.3 is 6.03 Å². The molecule has 2 aromatic carbocycles. The van der Waals surface area contributed by atoms with Crippen LogP contribution in [-0.2, 0) is 6.42 Å². The van der Waals surface area contributed by atoms with Crippen LogP contribution in [0.3, 0.4) is 0 Å². The van der Waals surface area contributed by atoms with Gasteiger partial charge in [0.2, 0.25) is 0 Å². The number of nitrogens with one attached hydrogen (secondary N) is 1. The van der Waals surface area contributed by atoms with E-state index in [1.165, 1.54) is 11.1 Å². The molecule has 0 unspecified atom stereocenters. The Kier molecular flexibility index (Phi) is 6.08. The van der Waals surface area contributed by atoms with Crippen molar-refractivity contribution in [2.24, 2.45) is 5.41 Å². The third kappa shape index (κ3) is 4.63. The second kappa shape index (κ2) is 8.32. The third-order valence-corrected chi connectivity index (χ3v) is 5.94. The minimum absolute atomic E-state index is 0.0709. The van der Waals surface area contributed by atoms with Gasteiger partial charge in [-0.2, -0.15) is 0 Å². The number of amides is 2. The predicted octanol–water partition coefficient (Wildman–Crippen LogP) is 4.81. The lowest BCUT2D eigenvalue weighted by atomic mass is 9.75. The Bertz CT molecular complexity index is 824. The van der Waals surface area contributed by atoms with E-state index in [0.29, 0.717) is 23.8 Å². The van der Waals surface area contributed by atoms with Crippen molar-refractivity contribution in [1.82, 2.24) is 4.90 Å². The number of anilines is 1. The van der Waals surface area contributed by atoms with Crippen LogP contribution in [0.1, 0.15) is 29.5 Å². The van der Waals surface area contributed by atoms with Crippen molar-refractivity contribution in [1.29, 1.82) is 0 Å². The number of piperidine rings is 1. The SMILES string of the molecule is Cc1ccc(NC(=O)N2CCC[C@@](CO)(Cc3ccccc3C)C2)cc1Cl. The number of carbonyl (C=O) groups is 1. The van der Waals surface area contributed by atoms with Gasteiger partial charge in [-0.15, -0.1) is 0 Å². The normalized spacial score (nSPS) is 19.8. The van der Waals surface area contributed by atoms with Crippen LogP contribution in [0.2, 0.25) is 5.02 Å². The average molecular weight is 387 g/mol. The molecule has 1 saturated heterocycles. The smallest absolute Gasteiger partial charge is 0.321 e. The van der Waals surface area contributed by atoms with Gasteiger partial charge in [0.05, 0.1) is 6.61 Å². The lowest BCUT2D eigenvalue weighted by molar-refractivity contribution is 0.0499. The van der Waals surface area contributed by atoms with Crippen LogP contribution < -0.4 is 5.32 Å². The number of hydrogen-bond acceptors (Lipinski definition) is 2. The van der Waals surface area contributed by atoms with Crippen LogP contribution in [-0.4, -0.2) is 35.7 Å². The number of carbonyl (C=O) groups excluding carboxylic acids is 1. The molecule has 0 saturated carbocycles. The van der Waals surface area contributed by atoms with Gasteiger partial charge in [0.15, 0.2) is 0 Å². The summed E-state index contributed by atoms with van der Waals surface area (Å²) in [4.78, 5) is 14.6. The minimum Gasteiger partial charge on any atom is -0.396 e. The largest absolute Gasteiger partial charge is 0.396 e. The quantitative estimate of drug-likeness (QED) is 0.792. The summed E-state index contributed by atoms with van der Waals surface area (Å²) in [5, 5.41) is 13.7. The maximum atomic E-state index is 12.8. The van der Waals surface area contributed by atoms with Gasteiger partial charge in [-0.1, -0.05) is 41.9 Å². The fourth-order valence-electron chi connectivity index (χ4n) is 3.80. The Hall–Kier alpha value is -2.04. The Morgan fingerprint density at radius 1 is 1.22 bits per heavy atom. The van der Waals surface area contributed by atoms with Crippen LogP contribution in [0, 0.1) is 19.3 Å². The summed E-state index contributed by atoms with van der Waals surface area (Å²) in [5.74, 6) is 0. The van der Waals surface area contributed by atoms with Crippen LogP contribution >= 0.6 is 11.6 Å². The zero-order valence-corrected chi connectivity index (χ0v) is 16.7. The molecular weight excluding hydrogens is 360 g/mol. The number of aliphatic hydroxyl groups excluding tert-OH is 1. The number of hydrogen-bond donors (Lipinski definition) is 2. The summed E-state index contributed by atoms with van der Waals surface area (Å²) < 4.78 is 0. The second-order valence-electron chi connectivity index (χ2n) is 7.68. The summed E-state index contributed by atoms with van der Waals surface area (Å²) in [6.45, 7) is 5.33. The highest BCUT2D eigenvalue weighted by Crippen LogP contribution is 2.34. The zero-order chi connectivity index (χ0) is 19.4. The molecule has 0 bridgehead atoms. The van der Waals surface area contributed by atoms with E-state index in [1.807, 2.05) is 36.1 Å². The monoisotopic (exact) mass is 386 g/mol.